The molecule has 0 radical (unpaired) electrons. The normalized spacial score (nSPS) is 15.1. The van der Waals surface area contributed by atoms with Gasteiger partial charge in [-0.05, 0) is 61.1 Å². The predicted octanol–water partition coefficient (Wildman–Crippen LogP) is 7.44. The van der Waals surface area contributed by atoms with Crippen LogP contribution < -0.4 is 10.2 Å². The van der Waals surface area contributed by atoms with Gasteiger partial charge in [-0.2, -0.15) is 0 Å². The van der Waals surface area contributed by atoms with Crippen molar-refractivity contribution in [2.45, 2.75) is 13.5 Å². The number of benzene rings is 3. The second kappa shape index (κ2) is 10.1. The van der Waals surface area contributed by atoms with Crippen LogP contribution in [0.1, 0.15) is 16.8 Å². The Morgan fingerprint density at radius 2 is 1.70 bits per heavy atom. The number of halogens is 4. The number of nitrogens with zero attached hydrogens (tertiary/aromatic N) is 2. The molecule has 2 amide bonds. The number of anilines is 1. The van der Waals surface area contributed by atoms with Crippen molar-refractivity contribution in [1.82, 2.24) is 9.88 Å². The van der Waals surface area contributed by atoms with E-state index in [2.05, 4.69) is 9.88 Å². The van der Waals surface area contributed by atoms with Crippen molar-refractivity contribution in [3.8, 4) is 0 Å². The van der Waals surface area contributed by atoms with Gasteiger partial charge < -0.3 is 4.57 Å². The maximum atomic E-state index is 13.6. The molecule has 37 heavy (non-hydrogen) atoms. The van der Waals surface area contributed by atoms with Gasteiger partial charge in [0, 0.05) is 38.8 Å². The molecular formula is C27H17Cl4N3O2S. The first-order chi connectivity index (χ1) is 17.7. The monoisotopic (exact) mass is 587 g/mol. The van der Waals surface area contributed by atoms with Gasteiger partial charge >= 0.3 is 0 Å². The fraction of sp³-hybridized carbons (Fsp3) is 0.0741. The number of aromatic nitrogens is 1. The molecule has 0 bridgehead atoms. The Bertz CT molecular complexity index is 1660. The van der Waals surface area contributed by atoms with Crippen LogP contribution in [0, 0.1) is 6.92 Å². The van der Waals surface area contributed by atoms with Crippen LogP contribution in [0.4, 0.5) is 5.69 Å². The summed E-state index contributed by atoms with van der Waals surface area (Å²) in [7, 11) is 0. The Morgan fingerprint density at radius 1 is 0.946 bits per heavy atom. The van der Waals surface area contributed by atoms with Crippen molar-refractivity contribution in [3.63, 3.8) is 0 Å². The molecule has 10 heteroatoms. The van der Waals surface area contributed by atoms with E-state index in [1.54, 1.807) is 36.4 Å². The van der Waals surface area contributed by atoms with E-state index in [1.165, 1.54) is 4.90 Å². The first-order valence-corrected chi connectivity index (χ1v) is 13.0. The zero-order chi connectivity index (χ0) is 26.4. The molecule has 4 aromatic rings. The van der Waals surface area contributed by atoms with E-state index >= 15 is 0 Å². The molecule has 5 nitrogen and oxygen atoms in total. The SMILES string of the molecule is Cc1c(/C=C2\C(=O)NC(=S)N(c3cccc(Cl)c3Cl)C2=O)c2ccccc2n1Cc1ccc(Cl)cc1Cl. The molecule has 1 fully saturated rings. The van der Waals surface area contributed by atoms with Crippen LogP contribution in [0.2, 0.25) is 20.1 Å². The van der Waals surface area contributed by atoms with Gasteiger partial charge in [-0.15, -0.1) is 0 Å². The number of para-hydroxylation sites is 1. The van der Waals surface area contributed by atoms with Crippen LogP contribution in [0.25, 0.3) is 17.0 Å². The molecule has 186 valence electrons. The van der Waals surface area contributed by atoms with Crippen LogP contribution >= 0.6 is 58.6 Å². The van der Waals surface area contributed by atoms with Gasteiger partial charge in [-0.1, -0.05) is 76.7 Å². The van der Waals surface area contributed by atoms with Gasteiger partial charge in [0.2, 0.25) is 0 Å². The first kappa shape index (κ1) is 25.8. The van der Waals surface area contributed by atoms with Crippen molar-refractivity contribution in [2.75, 3.05) is 4.90 Å². The minimum Gasteiger partial charge on any atom is -0.340 e. The van der Waals surface area contributed by atoms with Gasteiger partial charge in [-0.25, -0.2) is 0 Å². The topological polar surface area (TPSA) is 54.3 Å². The zero-order valence-electron chi connectivity index (χ0n) is 19.2. The molecule has 1 saturated heterocycles. The third-order valence-electron chi connectivity index (χ3n) is 6.19. The molecular weight excluding hydrogens is 572 g/mol. The Balaban J connectivity index is 1.63. The number of rotatable bonds is 4. The standard InChI is InChI=1S/C27H17Cl4N3O2S/c1-14-18(17-5-2-3-7-22(17)33(14)13-15-9-10-16(28)11-21(15)30)12-19-25(35)32-27(37)34(26(19)36)23-8-4-6-20(29)24(23)31/h2-12H,13H2,1H3,(H,32,35,37)/b19-12+. The van der Waals surface area contributed by atoms with Crippen molar-refractivity contribution in [1.29, 1.82) is 0 Å². The van der Waals surface area contributed by atoms with Gasteiger partial charge in [0.05, 0.1) is 15.7 Å². The summed E-state index contributed by atoms with van der Waals surface area (Å²) in [5, 5.41) is 4.91. The summed E-state index contributed by atoms with van der Waals surface area (Å²) in [6, 6.07) is 18.0. The van der Waals surface area contributed by atoms with E-state index in [9.17, 15) is 9.59 Å². The average Bonchev–Trinajstić information content (AvgIpc) is 3.11. The van der Waals surface area contributed by atoms with Crippen LogP contribution in [0.5, 0.6) is 0 Å². The minimum absolute atomic E-state index is 0.0761. The minimum atomic E-state index is -0.602. The summed E-state index contributed by atoms with van der Waals surface area (Å²) in [5.74, 6) is -1.20. The van der Waals surface area contributed by atoms with Crippen LogP contribution in [-0.4, -0.2) is 21.5 Å². The van der Waals surface area contributed by atoms with E-state index in [1.807, 2.05) is 37.3 Å². The lowest BCUT2D eigenvalue weighted by molar-refractivity contribution is -0.122. The third-order valence-corrected chi connectivity index (χ3v) is 7.87. The van der Waals surface area contributed by atoms with E-state index in [4.69, 9.17) is 58.6 Å². The molecule has 1 aliphatic heterocycles. The van der Waals surface area contributed by atoms with Crippen molar-refractivity contribution in [3.05, 3.63) is 103 Å². The number of nitrogens with one attached hydrogen (secondary N) is 1. The Labute approximate surface area is 238 Å². The average molecular weight is 589 g/mol. The molecule has 1 aromatic heterocycles. The number of fused-ring (bicyclic) bond motifs is 1. The van der Waals surface area contributed by atoms with E-state index in [-0.39, 0.29) is 26.4 Å². The fourth-order valence-electron chi connectivity index (χ4n) is 4.35. The highest BCUT2D eigenvalue weighted by atomic mass is 35.5. The van der Waals surface area contributed by atoms with Gasteiger partial charge in [0.25, 0.3) is 11.8 Å². The zero-order valence-corrected chi connectivity index (χ0v) is 23.0. The summed E-state index contributed by atoms with van der Waals surface area (Å²) in [6.07, 6.45) is 1.59. The molecule has 1 aliphatic rings. The lowest BCUT2D eigenvalue weighted by Gasteiger charge is -2.29. The maximum Gasteiger partial charge on any atom is 0.270 e. The lowest BCUT2D eigenvalue weighted by Crippen LogP contribution is -2.54. The van der Waals surface area contributed by atoms with Crippen molar-refractivity contribution < 1.29 is 9.59 Å². The van der Waals surface area contributed by atoms with Crippen LogP contribution in [0.15, 0.2) is 66.2 Å². The molecule has 5 rings (SSSR count). The first-order valence-electron chi connectivity index (χ1n) is 11.0. The highest BCUT2D eigenvalue weighted by Gasteiger charge is 2.36. The Kier molecular flexibility index (Phi) is 7.05. The van der Waals surface area contributed by atoms with E-state index < -0.39 is 11.8 Å². The van der Waals surface area contributed by atoms with Gasteiger partial charge in [0.15, 0.2) is 5.11 Å². The lowest BCUT2D eigenvalue weighted by atomic mass is 10.0. The summed E-state index contributed by atoms with van der Waals surface area (Å²) in [4.78, 5) is 27.7. The number of hydrogen-bond donors (Lipinski definition) is 1. The number of amides is 2. The van der Waals surface area contributed by atoms with Crippen LogP contribution in [-0.2, 0) is 16.1 Å². The van der Waals surface area contributed by atoms with E-state index in [0.717, 1.165) is 27.7 Å². The summed E-state index contributed by atoms with van der Waals surface area (Å²) in [5.41, 5.74) is 3.58. The van der Waals surface area contributed by atoms with Crippen molar-refractivity contribution >= 4 is 98.2 Å². The molecule has 3 aromatic carbocycles. The molecule has 2 heterocycles. The van der Waals surface area contributed by atoms with Gasteiger partial charge in [0.1, 0.15) is 5.57 Å². The highest BCUT2D eigenvalue weighted by molar-refractivity contribution is 7.80. The molecule has 0 unspecified atom stereocenters. The summed E-state index contributed by atoms with van der Waals surface area (Å²) < 4.78 is 2.08. The maximum absolute atomic E-state index is 13.6. The Morgan fingerprint density at radius 3 is 2.46 bits per heavy atom. The van der Waals surface area contributed by atoms with Crippen LogP contribution in [0.3, 0.4) is 0 Å². The van der Waals surface area contributed by atoms with Crippen molar-refractivity contribution in [2.24, 2.45) is 0 Å². The second-order valence-corrected chi connectivity index (χ2v) is 10.4. The Hall–Kier alpha value is -2.87. The number of thiocarbonyl (C=S) groups is 1. The number of hydrogen-bond acceptors (Lipinski definition) is 3. The fourth-order valence-corrected chi connectivity index (χ4v) is 5.47. The predicted molar refractivity (Wildman–Crippen MR) is 155 cm³/mol. The highest BCUT2D eigenvalue weighted by Crippen LogP contribution is 2.35. The third kappa shape index (κ3) is 4.65. The number of carbonyl (C=O) groups is 2. The molecule has 0 atom stereocenters. The summed E-state index contributed by atoms with van der Waals surface area (Å²) >= 11 is 30.4. The molecule has 0 aliphatic carbocycles. The molecule has 0 spiro atoms. The smallest absolute Gasteiger partial charge is 0.270 e. The largest absolute Gasteiger partial charge is 0.340 e. The molecule has 1 N–H and O–H groups in total. The second-order valence-electron chi connectivity index (χ2n) is 8.37. The number of carbonyl (C=O) groups excluding carboxylic acids is 2. The van der Waals surface area contributed by atoms with E-state index in [0.29, 0.717) is 16.6 Å². The quantitative estimate of drug-likeness (QED) is 0.153. The molecule has 0 saturated carbocycles. The van der Waals surface area contributed by atoms with Gasteiger partial charge in [-0.3, -0.25) is 19.8 Å². The summed E-state index contributed by atoms with van der Waals surface area (Å²) in [6.45, 7) is 2.40.